The summed E-state index contributed by atoms with van der Waals surface area (Å²) in [6, 6.07) is 61.8. The third kappa shape index (κ3) is 4.71. The predicted octanol–water partition coefficient (Wildman–Crippen LogP) is 12.5. The van der Waals surface area contributed by atoms with Crippen LogP contribution in [0.25, 0.3) is 65.8 Å². The summed E-state index contributed by atoms with van der Waals surface area (Å²) < 4.78 is 4.64. The van der Waals surface area contributed by atoms with Gasteiger partial charge >= 0.3 is 0 Å². The number of anilines is 3. The van der Waals surface area contributed by atoms with Crippen LogP contribution in [0.2, 0.25) is 0 Å². The highest BCUT2D eigenvalue weighted by Crippen LogP contribution is 2.44. The van der Waals surface area contributed by atoms with E-state index in [0.29, 0.717) is 0 Å². The van der Waals surface area contributed by atoms with Gasteiger partial charge in [0.05, 0.1) is 33.4 Å². The van der Waals surface area contributed by atoms with Crippen molar-refractivity contribution in [3.05, 3.63) is 187 Å². The Balaban J connectivity index is 1.35. The van der Waals surface area contributed by atoms with Gasteiger partial charge in [-0.1, -0.05) is 103 Å². The van der Waals surface area contributed by atoms with Gasteiger partial charge in [-0.3, -0.25) is 0 Å². The Hall–Kier alpha value is -7.24. The second-order valence-electron chi connectivity index (χ2n) is 13.4. The topological polar surface area (TPSA) is 60.8 Å². The van der Waals surface area contributed by atoms with Crippen LogP contribution >= 0.6 is 0 Å². The molecule has 53 heavy (non-hydrogen) atoms. The molecule has 0 unspecified atom stereocenters. The highest BCUT2D eigenvalue weighted by molar-refractivity contribution is 6.22. The van der Waals surface area contributed by atoms with Crippen LogP contribution in [-0.4, -0.2) is 21.6 Å². The summed E-state index contributed by atoms with van der Waals surface area (Å²) in [7, 11) is 0. The average molecular weight is 680 g/mol. The lowest BCUT2D eigenvalue weighted by molar-refractivity contribution is 1.09. The van der Waals surface area contributed by atoms with E-state index in [1.807, 2.05) is 6.07 Å². The largest absolute Gasteiger partial charge is 0.310 e. The highest BCUT2D eigenvalue weighted by atomic mass is 15.1. The number of hydrogen-bond acceptors (Lipinski definition) is 3. The molecular weight excluding hydrogens is 647 g/mol. The van der Waals surface area contributed by atoms with E-state index in [1.54, 1.807) is 0 Å². The van der Waals surface area contributed by atoms with Gasteiger partial charge in [-0.15, -0.1) is 0 Å². The minimum Gasteiger partial charge on any atom is -0.310 e. The first kappa shape index (κ1) is 30.6. The molecule has 0 saturated heterocycles. The highest BCUT2D eigenvalue weighted by Gasteiger charge is 2.24. The third-order valence-corrected chi connectivity index (χ3v) is 10.4. The molecule has 0 atom stereocenters. The molecule has 0 aliphatic rings. The molecule has 250 valence electrons. The number of fused-ring (bicyclic) bond motifs is 8. The van der Waals surface area contributed by atoms with Crippen molar-refractivity contribution in [2.24, 2.45) is 0 Å². The second-order valence-corrected chi connectivity index (χ2v) is 13.4. The van der Waals surface area contributed by atoms with Crippen LogP contribution < -0.4 is 4.90 Å². The Kier molecular flexibility index (Phi) is 7.05. The van der Waals surface area contributed by atoms with Gasteiger partial charge < -0.3 is 24.9 Å². The van der Waals surface area contributed by atoms with E-state index < -0.39 is 0 Å². The smallest absolute Gasteiger partial charge is 0.0791 e. The number of para-hydroxylation sites is 4. The van der Waals surface area contributed by atoms with Crippen LogP contribution in [0.1, 0.15) is 11.1 Å². The van der Waals surface area contributed by atoms with E-state index in [0.717, 1.165) is 83.2 Å². The maximum Gasteiger partial charge on any atom is 0.0791 e. The number of rotatable bonds is 7. The van der Waals surface area contributed by atoms with E-state index in [-0.39, 0.29) is 0 Å². The summed E-state index contributed by atoms with van der Waals surface area (Å²) in [5, 5.41) is 24.1. The van der Waals surface area contributed by atoms with E-state index in [1.165, 1.54) is 23.2 Å². The van der Waals surface area contributed by atoms with Crippen molar-refractivity contribution in [1.82, 2.24) is 9.13 Å². The summed E-state index contributed by atoms with van der Waals surface area (Å²) in [5.41, 5.74) is 10.7. The Morgan fingerprint density at radius 2 is 0.981 bits per heavy atom. The van der Waals surface area contributed by atoms with Crippen LogP contribution in [0.3, 0.4) is 0 Å². The zero-order valence-electron chi connectivity index (χ0n) is 28.7. The summed E-state index contributed by atoms with van der Waals surface area (Å²) in [6.07, 6.45) is 2.81. The summed E-state index contributed by atoms with van der Waals surface area (Å²) in [4.78, 5) is 2.31. The molecule has 0 saturated carbocycles. The van der Waals surface area contributed by atoms with Crippen LogP contribution in [0.5, 0.6) is 0 Å². The lowest BCUT2D eigenvalue weighted by Crippen LogP contribution is -2.10. The van der Waals surface area contributed by atoms with E-state index >= 15 is 0 Å². The standard InChI is InChI=1S/C48H33N5/c49-30-32-27-34(31-50)48(53-42-21-11-9-19-39(42)40-20-10-12-22-43(40)53)46(28-32)52-44-26-24-37(51(35-14-3-1-4-15-35)36-16-5-2-6-17-36)29-41(44)47-38-18-8-7-13-33(38)23-25-45(47)52/h1-31,49-50H. The SMILES string of the molecule is N=Cc1cc(C=N)c(-n2c3ccccc3c3ccccc32)c(-n2c3ccc(N(c4ccccc4)c4ccccc4)cc3c3c4ccccc4ccc32)c1. The number of aromatic nitrogens is 2. The number of nitrogens with zero attached hydrogens (tertiary/aromatic N) is 3. The van der Waals surface area contributed by atoms with E-state index in [2.05, 4.69) is 184 Å². The molecule has 0 aliphatic heterocycles. The fraction of sp³-hybridized carbons (Fsp3) is 0. The van der Waals surface area contributed by atoms with E-state index in [9.17, 15) is 0 Å². The van der Waals surface area contributed by atoms with Gasteiger partial charge in [0.1, 0.15) is 0 Å². The summed E-state index contributed by atoms with van der Waals surface area (Å²) in [6.45, 7) is 0. The molecule has 0 fully saturated rings. The molecule has 2 heterocycles. The van der Waals surface area contributed by atoms with Crippen LogP contribution in [0.4, 0.5) is 17.1 Å². The Labute approximate surface area is 306 Å². The maximum atomic E-state index is 8.74. The lowest BCUT2D eigenvalue weighted by Gasteiger charge is -2.25. The molecule has 0 radical (unpaired) electrons. The molecule has 10 aromatic rings. The molecular formula is C48H33N5. The van der Waals surface area contributed by atoms with Gasteiger partial charge in [-0.25, -0.2) is 0 Å². The molecule has 0 aliphatic carbocycles. The monoisotopic (exact) mass is 679 g/mol. The molecule has 10 rings (SSSR count). The van der Waals surface area contributed by atoms with Gasteiger partial charge in [0.2, 0.25) is 0 Å². The Morgan fingerprint density at radius 1 is 0.415 bits per heavy atom. The van der Waals surface area contributed by atoms with Crippen molar-refractivity contribution in [3.63, 3.8) is 0 Å². The number of hydrogen-bond donors (Lipinski definition) is 2. The first-order chi connectivity index (χ1) is 26.2. The molecule has 2 N–H and O–H groups in total. The zero-order valence-corrected chi connectivity index (χ0v) is 28.7. The van der Waals surface area contributed by atoms with Gasteiger partial charge in [0, 0.05) is 56.6 Å². The van der Waals surface area contributed by atoms with Crippen molar-refractivity contribution >= 4 is 83.9 Å². The summed E-state index contributed by atoms with van der Waals surface area (Å²) >= 11 is 0. The van der Waals surface area contributed by atoms with Crippen LogP contribution in [-0.2, 0) is 0 Å². The Bertz CT molecular complexity index is 2950. The number of nitrogens with one attached hydrogen (secondary N) is 2. The zero-order chi connectivity index (χ0) is 35.5. The van der Waals surface area contributed by atoms with Crippen molar-refractivity contribution in [3.8, 4) is 11.4 Å². The van der Waals surface area contributed by atoms with Gasteiger partial charge in [0.15, 0.2) is 0 Å². The van der Waals surface area contributed by atoms with Crippen molar-refractivity contribution in [2.75, 3.05) is 4.90 Å². The van der Waals surface area contributed by atoms with Gasteiger partial charge in [0.25, 0.3) is 0 Å². The Morgan fingerprint density at radius 3 is 1.62 bits per heavy atom. The molecule has 8 aromatic carbocycles. The summed E-state index contributed by atoms with van der Waals surface area (Å²) in [5.74, 6) is 0. The fourth-order valence-electron chi connectivity index (χ4n) is 8.21. The molecule has 2 aromatic heterocycles. The molecule has 0 amide bonds. The van der Waals surface area contributed by atoms with E-state index in [4.69, 9.17) is 10.8 Å². The minimum absolute atomic E-state index is 0.731. The first-order valence-corrected chi connectivity index (χ1v) is 17.8. The molecule has 5 nitrogen and oxygen atoms in total. The quantitative estimate of drug-likeness (QED) is 0.162. The molecule has 5 heteroatoms. The average Bonchev–Trinajstić information content (AvgIpc) is 3.74. The lowest BCUT2D eigenvalue weighted by atomic mass is 10.0. The van der Waals surface area contributed by atoms with Crippen molar-refractivity contribution in [2.45, 2.75) is 0 Å². The van der Waals surface area contributed by atoms with Crippen LogP contribution in [0, 0.1) is 10.8 Å². The molecule has 0 bridgehead atoms. The van der Waals surface area contributed by atoms with Crippen LogP contribution in [0.15, 0.2) is 176 Å². The van der Waals surface area contributed by atoms with Crippen molar-refractivity contribution < 1.29 is 0 Å². The second kappa shape index (κ2) is 12.2. The maximum absolute atomic E-state index is 8.74. The van der Waals surface area contributed by atoms with Gasteiger partial charge in [-0.2, -0.15) is 0 Å². The fourth-order valence-corrected chi connectivity index (χ4v) is 8.21. The normalized spacial score (nSPS) is 11.5. The number of benzene rings is 8. The van der Waals surface area contributed by atoms with Crippen molar-refractivity contribution in [1.29, 1.82) is 10.8 Å². The minimum atomic E-state index is 0.731. The predicted molar refractivity (Wildman–Crippen MR) is 223 cm³/mol. The molecule has 0 spiro atoms. The first-order valence-electron chi connectivity index (χ1n) is 17.8. The van der Waals surface area contributed by atoms with Gasteiger partial charge in [-0.05, 0) is 89.1 Å². The third-order valence-electron chi connectivity index (χ3n) is 10.4.